The topological polar surface area (TPSA) is 76.2 Å². The van der Waals surface area contributed by atoms with Crippen LogP contribution in [0.15, 0.2) is 34.3 Å². The van der Waals surface area contributed by atoms with Gasteiger partial charge in [0.15, 0.2) is 0 Å². The molecule has 0 fully saturated rings. The summed E-state index contributed by atoms with van der Waals surface area (Å²) in [6, 6.07) is 5.19. The molecule has 0 radical (unpaired) electrons. The summed E-state index contributed by atoms with van der Waals surface area (Å²) >= 11 is 0. The van der Waals surface area contributed by atoms with Gasteiger partial charge in [0.05, 0.1) is 12.8 Å². The van der Waals surface area contributed by atoms with Crippen molar-refractivity contribution in [2.24, 2.45) is 5.16 Å². The lowest BCUT2D eigenvalue weighted by Crippen LogP contribution is -2.21. The zero-order chi connectivity index (χ0) is 12.3. The molecule has 0 bridgehead atoms. The van der Waals surface area contributed by atoms with Gasteiger partial charge in [-0.3, -0.25) is 9.20 Å². The number of nitrogens with zero attached hydrogens (tertiary/aromatic N) is 3. The second-order valence-corrected chi connectivity index (χ2v) is 3.24. The third-order valence-electron chi connectivity index (χ3n) is 2.20. The molecular formula is C11H11N3O3. The van der Waals surface area contributed by atoms with Crippen molar-refractivity contribution in [3.63, 3.8) is 0 Å². The molecule has 0 saturated heterocycles. The summed E-state index contributed by atoms with van der Waals surface area (Å²) in [6.45, 7) is 2.16. The van der Waals surface area contributed by atoms with E-state index in [9.17, 15) is 4.79 Å². The fourth-order valence-electron chi connectivity index (χ4n) is 1.50. The first-order chi connectivity index (χ1) is 8.27. The Bertz CT molecular complexity index is 619. The Labute approximate surface area is 96.8 Å². The first kappa shape index (κ1) is 11.1. The van der Waals surface area contributed by atoms with E-state index < -0.39 is 0 Å². The Kier molecular flexibility index (Phi) is 3.04. The standard InChI is InChI=1S/C11H11N3O3/c1-2-17-10-8(7-12-16)11(15)14-6-4-3-5-9(14)13-10/h3-7,16H,2H2,1H3/b12-7+. The van der Waals surface area contributed by atoms with Crippen LogP contribution < -0.4 is 10.3 Å². The van der Waals surface area contributed by atoms with Crippen LogP contribution in [0.1, 0.15) is 12.5 Å². The quantitative estimate of drug-likeness (QED) is 0.485. The normalized spacial score (nSPS) is 11.1. The molecule has 88 valence electrons. The number of aromatic nitrogens is 2. The summed E-state index contributed by atoms with van der Waals surface area (Å²) in [5.41, 5.74) is 0.269. The highest BCUT2D eigenvalue weighted by molar-refractivity contribution is 5.82. The molecule has 0 aliphatic carbocycles. The molecule has 0 unspecified atom stereocenters. The summed E-state index contributed by atoms with van der Waals surface area (Å²) in [5.74, 6) is 0.168. The number of hydrogen-bond donors (Lipinski definition) is 1. The lowest BCUT2D eigenvalue weighted by Gasteiger charge is -2.07. The zero-order valence-corrected chi connectivity index (χ0v) is 9.20. The van der Waals surface area contributed by atoms with Crippen LogP contribution in [-0.2, 0) is 0 Å². The van der Waals surface area contributed by atoms with Crippen molar-refractivity contribution in [2.45, 2.75) is 6.92 Å². The van der Waals surface area contributed by atoms with Crippen LogP contribution in [0.5, 0.6) is 5.88 Å². The van der Waals surface area contributed by atoms with E-state index in [1.807, 2.05) is 0 Å². The molecule has 0 saturated carbocycles. The Hall–Kier alpha value is -2.37. The van der Waals surface area contributed by atoms with E-state index in [2.05, 4.69) is 10.1 Å². The van der Waals surface area contributed by atoms with Crippen LogP contribution in [0.25, 0.3) is 5.65 Å². The molecule has 0 spiro atoms. The molecular weight excluding hydrogens is 222 g/mol. The summed E-state index contributed by atoms with van der Waals surface area (Å²) in [5, 5.41) is 11.4. The molecule has 2 aromatic heterocycles. The van der Waals surface area contributed by atoms with E-state index in [1.165, 1.54) is 4.40 Å². The largest absolute Gasteiger partial charge is 0.477 e. The van der Waals surface area contributed by atoms with E-state index >= 15 is 0 Å². The van der Waals surface area contributed by atoms with Crippen molar-refractivity contribution in [3.05, 3.63) is 40.3 Å². The maximum Gasteiger partial charge on any atom is 0.270 e. The molecule has 0 amide bonds. The average molecular weight is 233 g/mol. The summed E-state index contributed by atoms with van der Waals surface area (Å²) in [7, 11) is 0. The van der Waals surface area contributed by atoms with Crippen molar-refractivity contribution in [2.75, 3.05) is 6.61 Å². The van der Waals surface area contributed by atoms with Crippen molar-refractivity contribution in [1.82, 2.24) is 9.38 Å². The summed E-state index contributed by atoms with van der Waals surface area (Å²) in [4.78, 5) is 16.2. The van der Waals surface area contributed by atoms with Crippen molar-refractivity contribution in [3.8, 4) is 5.88 Å². The Balaban J connectivity index is 2.79. The van der Waals surface area contributed by atoms with Crippen LogP contribution in [0.3, 0.4) is 0 Å². The van der Waals surface area contributed by atoms with Crippen LogP contribution >= 0.6 is 0 Å². The van der Waals surface area contributed by atoms with Gasteiger partial charge in [0.25, 0.3) is 5.56 Å². The van der Waals surface area contributed by atoms with Crippen molar-refractivity contribution < 1.29 is 9.94 Å². The van der Waals surface area contributed by atoms with Gasteiger partial charge in [-0.15, -0.1) is 0 Å². The van der Waals surface area contributed by atoms with Crippen molar-refractivity contribution >= 4 is 11.9 Å². The molecule has 17 heavy (non-hydrogen) atoms. The number of pyridine rings is 1. The highest BCUT2D eigenvalue weighted by Gasteiger charge is 2.11. The van der Waals surface area contributed by atoms with Crippen molar-refractivity contribution in [1.29, 1.82) is 0 Å². The average Bonchev–Trinajstić information content (AvgIpc) is 2.34. The molecule has 0 atom stereocenters. The number of ether oxygens (including phenoxy) is 1. The second kappa shape index (κ2) is 4.65. The van der Waals surface area contributed by atoms with E-state index in [-0.39, 0.29) is 17.0 Å². The van der Waals surface area contributed by atoms with Gasteiger partial charge < -0.3 is 9.94 Å². The second-order valence-electron chi connectivity index (χ2n) is 3.24. The first-order valence-electron chi connectivity index (χ1n) is 5.09. The number of hydrogen-bond acceptors (Lipinski definition) is 5. The highest BCUT2D eigenvalue weighted by Crippen LogP contribution is 2.11. The molecule has 6 heteroatoms. The lowest BCUT2D eigenvalue weighted by atomic mass is 10.3. The van der Waals surface area contributed by atoms with Gasteiger partial charge >= 0.3 is 0 Å². The highest BCUT2D eigenvalue weighted by atomic mass is 16.5. The summed E-state index contributed by atoms with van der Waals surface area (Å²) < 4.78 is 6.61. The smallest absolute Gasteiger partial charge is 0.270 e. The molecule has 2 heterocycles. The third kappa shape index (κ3) is 1.96. The van der Waals surface area contributed by atoms with Crippen LogP contribution in [0, 0.1) is 0 Å². The van der Waals surface area contributed by atoms with E-state index in [4.69, 9.17) is 9.94 Å². The van der Waals surface area contributed by atoms with Gasteiger partial charge in [-0.25, -0.2) is 0 Å². The molecule has 6 nitrogen and oxygen atoms in total. The first-order valence-corrected chi connectivity index (χ1v) is 5.09. The van der Waals surface area contributed by atoms with Crippen LogP contribution in [0.2, 0.25) is 0 Å². The van der Waals surface area contributed by atoms with Gasteiger partial charge in [-0.2, -0.15) is 4.98 Å². The molecule has 0 aliphatic rings. The summed E-state index contributed by atoms with van der Waals surface area (Å²) in [6.07, 6.45) is 2.62. The molecule has 1 N–H and O–H groups in total. The maximum absolute atomic E-state index is 12.1. The minimum absolute atomic E-state index is 0.123. The number of fused-ring (bicyclic) bond motifs is 1. The molecule has 2 aromatic rings. The van der Waals surface area contributed by atoms with Crippen LogP contribution in [0.4, 0.5) is 0 Å². The van der Waals surface area contributed by atoms with Gasteiger partial charge in [0.2, 0.25) is 5.88 Å². The lowest BCUT2D eigenvalue weighted by molar-refractivity contribution is 0.317. The predicted molar refractivity (Wildman–Crippen MR) is 62.0 cm³/mol. The van der Waals surface area contributed by atoms with E-state index in [0.29, 0.717) is 12.3 Å². The Morgan fingerprint density at radius 1 is 1.59 bits per heavy atom. The molecule has 0 aliphatic heterocycles. The minimum Gasteiger partial charge on any atom is -0.477 e. The fourth-order valence-corrected chi connectivity index (χ4v) is 1.50. The number of oxime groups is 1. The fraction of sp³-hybridized carbons (Fsp3) is 0.182. The zero-order valence-electron chi connectivity index (χ0n) is 9.20. The third-order valence-corrected chi connectivity index (χ3v) is 2.20. The van der Waals surface area contributed by atoms with Crippen LogP contribution in [-0.4, -0.2) is 27.4 Å². The van der Waals surface area contributed by atoms with E-state index in [1.54, 1.807) is 31.3 Å². The molecule has 0 aromatic carbocycles. The Morgan fingerprint density at radius 3 is 3.12 bits per heavy atom. The number of rotatable bonds is 3. The molecule has 2 rings (SSSR count). The van der Waals surface area contributed by atoms with E-state index in [0.717, 1.165) is 6.21 Å². The Morgan fingerprint density at radius 2 is 2.41 bits per heavy atom. The minimum atomic E-state index is -0.336. The predicted octanol–water partition coefficient (Wildman–Crippen LogP) is 0.901. The monoisotopic (exact) mass is 233 g/mol. The SMILES string of the molecule is CCOc1nc2ccccn2c(=O)c1/C=N/O. The maximum atomic E-state index is 12.1. The van der Waals surface area contributed by atoms with Gasteiger partial charge in [0.1, 0.15) is 11.2 Å². The van der Waals surface area contributed by atoms with Gasteiger partial charge in [-0.1, -0.05) is 11.2 Å². The van der Waals surface area contributed by atoms with Gasteiger partial charge in [-0.05, 0) is 19.1 Å². The van der Waals surface area contributed by atoms with Gasteiger partial charge in [0, 0.05) is 6.20 Å².